The van der Waals surface area contributed by atoms with Crippen LogP contribution in [0.4, 0.5) is 0 Å². The fraction of sp³-hybridized carbons (Fsp3) is 0.545. The summed E-state index contributed by atoms with van der Waals surface area (Å²) < 4.78 is 0. The highest BCUT2D eigenvalue weighted by Crippen LogP contribution is 2.04. The predicted octanol–water partition coefficient (Wildman–Crippen LogP) is 1.96. The van der Waals surface area contributed by atoms with E-state index in [1.54, 1.807) is 0 Å². The molecule has 1 aromatic rings. The van der Waals surface area contributed by atoms with E-state index in [0.717, 1.165) is 31.4 Å². The van der Waals surface area contributed by atoms with Gasteiger partial charge in [0.05, 0.1) is 0 Å². The second-order valence-electron chi connectivity index (χ2n) is 3.19. The van der Waals surface area contributed by atoms with Crippen molar-refractivity contribution in [3.05, 3.63) is 29.6 Å². The average molecular weight is 179 g/mol. The molecule has 1 heterocycles. The smallest absolute Gasteiger partial charge is 0.0431 e. The molecule has 0 atom stereocenters. The van der Waals surface area contributed by atoms with Gasteiger partial charge in [0.2, 0.25) is 0 Å². The molecule has 0 aliphatic heterocycles. The van der Waals surface area contributed by atoms with E-state index in [1.165, 1.54) is 5.56 Å². The number of unbranched alkanes of at least 4 members (excludes halogenated alkanes) is 1. The van der Waals surface area contributed by atoms with E-state index in [-0.39, 0.29) is 6.61 Å². The van der Waals surface area contributed by atoms with E-state index in [9.17, 15) is 0 Å². The van der Waals surface area contributed by atoms with E-state index in [1.807, 2.05) is 6.20 Å². The molecule has 1 N–H and O–H groups in total. The van der Waals surface area contributed by atoms with Gasteiger partial charge in [-0.15, -0.1) is 0 Å². The Morgan fingerprint density at radius 2 is 2.15 bits per heavy atom. The maximum atomic E-state index is 8.61. The second-order valence-corrected chi connectivity index (χ2v) is 3.19. The summed E-state index contributed by atoms with van der Waals surface area (Å²) in [5.74, 6) is 0. The van der Waals surface area contributed by atoms with Crippen LogP contribution in [-0.4, -0.2) is 16.7 Å². The van der Waals surface area contributed by atoms with E-state index in [0.29, 0.717) is 0 Å². The maximum Gasteiger partial charge on any atom is 0.0431 e. The van der Waals surface area contributed by atoms with Crippen LogP contribution < -0.4 is 0 Å². The van der Waals surface area contributed by atoms with Gasteiger partial charge in [-0.05, 0) is 37.3 Å². The number of aliphatic hydroxyl groups is 1. The van der Waals surface area contributed by atoms with Crippen molar-refractivity contribution in [2.45, 2.75) is 32.6 Å². The number of hydrogen-bond donors (Lipinski definition) is 1. The van der Waals surface area contributed by atoms with E-state index in [4.69, 9.17) is 5.11 Å². The highest BCUT2D eigenvalue weighted by Gasteiger charge is 1.94. The molecule has 2 heteroatoms. The first kappa shape index (κ1) is 10.2. The lowest BCUT2D eigenvalue weighted by Crippen LogP contribution is -1.93. The van der Waals surface area contributed by atoms with Crippen molar-refractivity contribution < 1.29 is 5.11 Å². The van der Waals surface area contributed by atoms with Crippen LogP contribution in [0.3, 0.4) is 0 Å². The zero-order valence-corrected chi connectivity index (χ0v) is 8.16. The Labute approximate surface area is 79.6 Å². The van der Waals surface area contributed by atoms with Crippen LogP contribution in [0.2, 0.25) is 0 Å². The Morgan fingerprint density at radius 1 is 1.31 bits per heavy atom. The zero-order chi connectivity index (χ0) is 9.52. The van der Waals surface area contributed by atoms with Crippen LogP contribution in [0.15, 0.2) is 18.3 Å². The number of aryl methyl sites for hydroxylation is 2. The number of aromatic nitrogens is 1. The molecule has 0 unspecified atom stereocenters. The van der Waals surface area contributed by atoms with Crippen molar-refractivity contribution >= 4 is 0 Å². The molecular formula is C11H17NO. The Morgan fingerprint density at radius 3 is 2.69 bits per heavy atom. The predicted molar refractivity (Wildman–Crippen MR) is 53.6 cm³/mol. The largest absolute Gasteiger partial charge is 0.396 e. The first-order valence-electron chi connectivity index (χ1n) is 4.91. The first-order valence-corrected chi connectivity index (χ1v) is 4.91. The van der Waals surface area contributed by atoms with Crippen molar-refractivity contribution in [3.63, 3.8) is 0 Å². The fourth-order valence-corrected chi connectivity index (χ4v) is 1.23. The van der Waals surface area contributed by atoms with Gasteiger partial charge in [0.1, 0.15) is 0 Å². The molecule has 0 saturated heterocycles. The van der Waals surface area contributed by atoms with Gasteiger partial charge in [-0.25, -0.2) is 0 Å². The molecule has 0 spiro atoms. The monoisotopic (exact) mass is 179 g/mol. The Bertz CT molecular complexity index is 230. The van der Waals surface area contributed by atoms with Crippen molar-refractivity contribution in [2.24, 2.45) is 0 Å². The van der Waals surface area contributed by atoms with Crippen molar-refractivity contribution in [1.29, 1.82) is 0 Å². The number of hydrogen-bond acceptors (Lipinski definition) is 2. The Kier molecular flexibility index (Phi) is 4.47. The lowest BCUT2D eigenvalue weighted by Gasteiger charge is -2.00. The van der Waals surface area contributed by atoms with Crippen LogP contribution in [0.25, 0.3) is 0 Å². The minimum atomic E-state index is 0.285. The minimum Gasteiger partial charge on any atom is -0.396 e. The first-order chi connectivity index (χ1) is 6.36. The molecule has 0 radical (unpaired) electrons. The molecule has 1 rings (SSSR count). The lowest BCUT2D eigenvalue weighted by atomic mass is 10.1. The summed E-state index contributed by atoms with van der Waals surface area (Å²) in [5.41, 5.74) is 2.41. The topological polar surface area (TPSA) is 33.1 Å². The van der Waals surface area contributed by atoms with Crippen LogP contribution in [0.5, 0.6) is 0 Å². The molecule has 13 heavy (non-hydrogen) atoms. The molecule has 72 valence electrons. The van der Waals surface area contributed by atoms with Crippen LogP contribution in [-0.2, 0) is 12.8 Å². The number of aliphatic hydroxyl groups excluding tert-OH is 1. The average Bonchev–Trinajstić information content (AvgIpc) is 2.19. The second kappa shape index (κ2) is 5.70. The summed E-state index contributed by atoms with van der Waals surface area (Å²) in [4.78, 5) is 4.34. The quantitative estimate of drug-likeness (QED) is 0.701. The van der Waals surface area contributed by atoms with E-state index < -0.39 is 0 Å². The highest BCUT2D eigenvalue weighted by molar-refractivity contribution is 5.13. The summed E-state index contributed by atoms with van der Waals surface area (Å²) in [5, 5.41) is 8.61. The third-order valence-corrected chi connectivity index (χ3v) is 2.14. The van der Waals surface area contributed by atoms with Crippen molar-refractivity contribution in [3.8, 4) is 0 Å². The molecule has 0 fully saturated rings. The summed E-state index contributed by atoms with van der Waals surface area (Å²) >= 11 is 0. The zero-order valence-electron chi connectivity index (χ0n) is 8.16. The summed E-state index contributed by atoms with van der Waals surface area (Å²) in [6.07, 6.45) is 5.86. The Hall–Kier alpha value is -0.890. The van der Waals surface area contributed by atoms with E-state index in [2.05, 4.69) is 24.0 Å². The van der Waals surface area contributed by atoms with Gasteiger partial charge < -0.3 is 5.11 Å². The van der Waals surface area contributed by atoms with Crippen molar-refractivity contribution in [1.82, 2.24) is 4.98 Å². The SMILES string of the molecule is CCc1ccc(CCCCO)nc1. The van der Waals surface area contributed by atoms with Crippen LogP contribution >= 0.6 is 0 Å². The summed E-state index contributed by atoms with van der Waals surface area (Å²) in [6.45, 7) is 2.41. The molecule has 0 saturated carbocycles. The number of rotatable bonds is 5. The van der Waals surface area contributed by atoms with Gasteiger partial charge >= 0.3 is 0 Å². The van der Waals surface area contributed by atoms with Gasteiger partial charge in [0.15, 0.2) is 0 Å². The summed E-state index contributed by atoms with van der Waals surface area (Å²) in [6, 6.07) is 4.21. The van der Waals surface area contributed by atoms with Crippen molar-refractivity contribution in [2.75, 3.05) is 6.61 Å². The van der Waals surface area contributed by atoms with Gasteiger partial charge in [0.25, 0.3) is 0 Å². The normalized spacial score (nSPS) is 10.3. The lowest BCUT2D eigenvalue weighted by molar-refractivity contribution is 0.284. The Balaban J connectivity index is 2.40. The van der Waals surface area contributed by atoms with Crippen LogP contribution in [0, 0.1) is 0 Å². The van der Waals surface area contributed by atoms with Crippen LogP contribution in [0.1, 0.15) is 31.0 Å². The van der Waals surface area contributed by atoms with E-state index >= 15 is 0 Å². The fourth-order valence-electron chi connectivity index (χ4n) is 1.23. The van der Waals surface area contributed by atoms with Gasteiger partial charge in [0, 0.05) is 18.5 Å². The number of pyridine rings is 1. The molecule has 1 aromatic heterocycles. The molecular weight excluding hydrogens is 162 g/mol. The molecule has 0 bridgehead atoms. The molecule has 0 aromatic carbocycles. The maximum absolute atomic E-state index is 8.61. The minimum absolute atomic E-state index is 0.285. The molecule has 0 aliphatic carbocycles. The standard InChI is InChI=1S/C11H17NO/c1-2-10-6-7-11(12-9-10)5-3-4-8-13/h6-7,9,13H,2-5,8H2,1H3. The van der Waals surface area contributed by atoms with Gasteiger partial charge in [-0.1, -0.05) is 13.0 Å². The summed E-state index contributed by atoms with van der Waals surface area (Å²) in [7, 11) is 0. The number of nitrogens with zero attached hydrogens (tertiary/aromatic N) is 1. The van der Waals surface area contributed by atoms with Gasteiger partial charge in [-0.2, -0.15) is 0 Å². The van der Waals surface area contributed by atoms with Gasteiger partial charge in [-0.3, -0.25) is 4.98 Å². The third kappa shape index (κ3) is 3.55. The molecule has 2 nitrogen and oxygen atoms in total. The third-order valence-electron chi connectivity index (χ3n) is 2.14. The molecule has 0 aliphatic rings. The molecule has 0 amide bonds. The highest BCUT2D eigenvalue weighted by atomic mass is 16.2.